The van der Waals surface area contributed by atoms with Crippen molar-refractivity contribution in [3.63, 3.8) is 0 Å². The van der Waals surface area contributed by atoms with E-state index in [1.165, 1.54) is 6.20 Å². The Morgan fingerprint density at radius 1 is 1.04 bits per heavy atom. The number of amides is 1. The number of carbonyl (C=O) groups excluding carboxylic acids is 2. The maximum Gasteiger partial charge on any atom is 0.251 e. The zero-order valence-electron chi connectivity index (χ0n) is 14.2. The van der Waals surface area contributed by atoms with Crippen molar-refractivity contribution in [2.24, 2.45) is 5.73 Å². The fourth-order valence-corrected chi connectivity index (χ4v) is 3.72. The van der Waals surface area contributed by atoms with Crippen LogP contribution in [0, 0.1) is 0 Å². The van der Waals surface area contributed by atoms with Gasteiger partial charge in [0.05, 0.1) is 15.8 Å². The van der Waals surface area contributed by atoms with Crippen molar-refractivity contribution in [3.8, 4) is 11.1 Å². The molecule has 132 valence electrons. The Kier molecular flexibility index (Phi) is 4.40. The van der Waals surface area contributed by atoms with Gasteiger partial charge in [0.25, 0.3) is 5.91 Å². The van der Waals surface area contributed by atoms with Crippen LogP contribution in [0.3, 0.4) is 0 Å². The fourth-order valence-electron chi connectivity index (χ4n) is 2.96. The number of nitrogens with zero attached hydrogens (tertiary/aromatic N) is 1. The standard InChI is InChI=1S/C21H15N3O2S/c22-21(26)18-15(13-4-2-1-3-5-13)8-10-23-19(18)20(25)16-7-6-14-9-11-27-17(14)12-24-16/h1-12,24H,(H2,22,26). The number of benzene rings is 1. The average molecular weight is 373 g/mol. The van der Waals surface area contributed by atoms with Gasteiger partial charge in [0.15, 0.2) is 0 Å². The lowest BCUT2D eigenvalue weighted by Crippen LogP contribution is -2.24. The third kappa shape index (κ3) is 3.18. The Bertz CT molecular complexity index is 1190. The number of nitrogens with one attached hydrogen (secondary N) is 1. The van der Waals surface area contributed by atoms with Crippen LogP contribution in [0.2, 0.25) is 0 Å². The van der Waals surface area contributed by atoms with E-state index in [-0.39, 0.29) is 17.0 Å². The lowest BCUT2D eigenvalue weighted by molar-refractivity contribution is 0.0976. The number of hydrogen-bond donors (Lipinski definition) is 2. The third-order valence-corrected chi connectivity index (χ3v) is 5.14. The van der Waals surface area contributed by atoms with E-state index in [2.05, 4.69) is 10.3 Å². The highest BCUT2D eigenvalue weighted by atomic mass is 32.1. The molecule has 1 amide bonds. The SMILES string of the molecule is NC(=O)c1c(-c2ccccc2)ccnc1C(=O)C1=CC=c2ccsc2=CN1. The van der Waals surface area contributed by atoms with Crippen molar-refractivity contribution in [2.45, 2.75) is 0 Å². The molecule has 0 aliphatic carbocycles. The Balaban J connectivity index is 1.82. The Morgan fingerprint density at radius 3 is 2.63 bits per heavy atom. The van der Waals surface area contributed by atoms with Gasteiger partial charge in [0.1, 0.15) is 5.69 Å². The smallest absolute Gasteiger partial charge is 0.251 e. The molecule has 0 saturated heterocycles. The van der Waals surface area contributed by atoms with E-state index in [0.717, 1.165) is 15.3 Å². The predicted molar refractivity (Wildman–Crippen MR) is 106 cm³/mol. The number of thiophene rings is 1. The van der Waals surface area contributed by atoms with Crippen LogP contribution in [-0.2, 0) is 0 Å². The first-order valence-electron chi connectivity index (χ1n) is 8.26. The van der Waals surface area contributed by atoms with Crippen molar-refractivity contribution >= 4 is 35.3 Å². The van der Waals surface area contributed by atoms with Crippen LogP contribution in [0.5, 0.6) is 0 Å². The molecule has 0 radical (unpaired) electrons. The lowest BCUT2D eigenvalue weighted by Gasteiger charge is -2.12. The fraction of sp³-hybridized carbons (Fsp3) is 0. The highest BCUT2D eigenvalue weighted by Gasteiger charge is 2.23. The lowest BCUT2D eigenvalue weighted by atomic mass is 9.96. The molecule has 3 aromatic rings. The second kappa shape index (κ2) is 7.01. The maximum atomic E-state index is 13.1. The van der Waals surface area contributed by atoms with Gasteiger partial charge in [-0.2, -0.15) is 0 Å². The monoisotopic (exact) mass is 373 g/mol. The number of primary amides is 1. The molecule has 4 rings (SSSR count). The summed E-state index contributed by atoms with van der Waals surface area (Å²) < 4.78 is 1.02. The summed E-state index contributed by atoms with van der Waals surface area (Å²) in [6.07, 6.45) is 6.85. The van der Waals surface area contributed by atoms with Crippen LogP contribution in [0.15, 0.2) is 65.8 Å². The second-order valence-corrected chi connectivity index (χ2v) is 6.87. The van der Waals surface area contributed by atoms with E-state index in [9.17, 15) is 9.59 Å². The summed E-state index contributed by atoms with van der Waals surface area (Å²) in [5.41, 5.74) is 7.49. The Labute approximate surface area is 159 Å². The van der Waals surface area contributed by atoms with Gasteiger partial charge in [0, 0.05) is 12.4 Å². The highest BCUT2D eigenvalue weighted by Crippen LogP contribution is 2.26. The van der Waals surface area contributed by atoms with Gasteiger partial charge in [-0.25, -0.2) is 0 Å². The van der Waals surface area contributed by atoms with Crippen LogP contribution in [0.25, 0.3) is 23.4 Å². The molecule has 3 N–H and O–H groups in total. The molecule has 3 heterocycles. The van der Waals surface area contributed by atoms with Crippen molar-refractivity contribution in [1.29, 1.82) is 0 Å². The van der Waals surface area contributed by atoms with E-state index >= 15 is 0 Å². The third-order valence-electron chi connectivity index (χ3n) is 4.26. The molecule has 0 fully saturated rings. The van der Waals surface area contributed by atoms with Crippen molar-refractivity contribution in [2.75, 3.05) is 0 Å². The first-order chi connectivity index (χ1) is 13.1. The minimum Gasteiger partial charge on any atom is -0.366 e. The summed E-state index contributed by atoms with van der Waals surface area (Å²) in [4.78, 5) is 29.5. The van der Waals surface area contributed by atoms with Gasteiger partial charge in [-0.3, -0.25) is 14.6 Å². The summed E-state index contributed by atoms with van der Waals surface area (Å²) in [6, 6.07) is 13.0. The highest BCUT2D eigenvalue weighted by molar-refractivity contribution is 7.07. The van der Waals surface area contributed by atoms with Gasteiger partial charge in [0.2, 0.25) is 5.78 Å². The van der Waals surface area contributed by atoms with Crippen molar-refractivity contribution < 1.29 is 9.59 Å². The number of Topliss-reactive ketones (excluding diaryl/α,β-unsaturated/α-hetero) is 1. The van der Waals surface area contributed by atoms with E-state index in [1.807, 2.05) is 47.9 Å². The summed E-state index contributed by atoms with van der Waals surface area (Å²) in [7, 11) is 0. The molecule has 6 heteroatoms. The van der Waals surface area contributed by atoms with Gasteiger partial charge in [-0.05, 0) is 39.9 Å². The van der Waals surface area contributed by atoms with Crippen LogP contribution < -0.4 is 20.8 Å². The molecule has 0 unspecified atom stereocenters. The van der Waals surface area contributed by atoms with Crippen LogP contribution >= 0.6 is 11.3 Å². The second-order valence-electron chi connectivity index (χ2n) is 5.92. The number of rotatable bonds is 4. The molecule has 1 aliphatic heterocycles. The molecule has 0 saturated carbocycles. The quantitative estimate of drug-likeness (QED) is 0.683. The summed E-state index contributed by atoms with van der Waals surface area (Å²) in [6.45, 7) is 0. The van der Waals surface area contributed by atoms with Gasteiger partial charge >= 0.3 is 0 Å². The van der Waals surface area contributed by atoms with Gasteiger partial charge in [-0.15, -0.1) is 11.3 Å². The predicted octanol–water partition coefficient (Wildman–Crippen LogP) is 1.80. The molecule has 1 aliphatic rings. The largest absolute Gasteiger partial charge is 0.366 e. The molecule has 5 nitrogen and oxygen atoms in total. The number of fused-ring (bicyclic) bond motifs is 1. The van der Waals surface area contributed by atoms with Crippen LogP contribution in [-0.4, -0.2) is 16.7 Å². The number of allylic oxidation sites excluding steroid dienone is 2. The molecule has 1 aromatic carbocycles. The molecular weight excluding hydrogens is 358 g/mol. The molecule has 2 aromatic heterocycles. The van der Waals surface area contributed by atoms with E-state index in [0.29, 0.717) is 11.3 Å². The molecule has 0 spiro atoms. The van der Waals surface area contributed by atoms with Crippen molar-refractivity contribution in [1.82, 2.24) is 10.3 Å². The minimum atomic E-state index is -0.688. The molecule has 27 heavy (non-hydrogen) atoms. The maximum absolute atomic E-state index is 13.1. The first-order valence-corrected chi connectivity index (χ1v) is 9.14. The number of carbonyl (C=O) groups is 2. The number of aromatic nitrogens is 1. The Morgan fingerprint density at radius 2 is 1.85 bits per heavy atom. The van der Waals surface area contributed by atoms with E-state index < -0.39 is 5.91 Å². The zero-order valence-corrected chi connectivity index (χ0v) is 15.0. The summed E-state index contributed by atoms with van der Waals surface area (Å²) in [5, 5.41) is 6.03. The van der Waals surface area contributed by atoms with Gasteiger partial charge in [-0.1, -0.05) is 36.4 Å². The molecule has 0 bridgehead atoms. The number of nitrogens with two attached hydrogens (primary N) is 1. The van der Waals surface area contributed by atoms with Crippen LogP contribution in [0.4, 0.5) is 0 Å². The topological polar surface area (TPSA) is 85.1 Å². The zero-order chi connectivity index (χ0) is 18.8. The minimum absolute atomic E-state index is 0.0367. The molecule has 0 atom stereocenters. The number of ketones is 1. The summed E-state index contributed by atoms with van der Waals surface area (Å²) in [5.74, 6) is -1.07. The van der Waals surface area contributed by atoms with E-state index in [4.69, 9.17) is 5.73 Å². The van der Waals surface area contributed by atoms with E-state index in [1.54, 1.807) is 29.7 Å². The summed E-state index contributed by atoms with van der Waals surface area (Å²) >= 11 is 1.57. The van der Waals surface area contributed by atoms with Crippen molar-refractivity contribution in [3.05, 3.63) is 86.8 Å². The number of hydrogen-bond acceptors (Lipinski definition) is 5. The first kappa shape index (κ1) is 16.9. The Hall–Kier alpha value is -3.51. The average Bonchev–Trinajstić information content (AvgIpc) is 3.05. The normalized spacial score (nSPS) is 12.5. The number of pyridine rings is 1. The van der Waals surface area contributed by atoms with Crippen LogP contribution in [0.1, 0.15) is 20.8 Å². The van der Waals surface area contributed by atoms with Gasteiger partial charge < -0.3 is 11.1 Å². The molecular formula is C21H15N3O2S.